The van der Waals surface area contributed by atoms with Crippen molar-refractivity contribution in [1.29, 1.82) is 0 Å². The first kappa shape index (κ1) is 14.9. The highest BCUT2D eigenvalue weighted by Crippen LogP contribution is 2.29. The molecule has 6 nitrogen and oxygen atoms in total. The summed E-state index contributed by atoms with van der Waals surface area (Å²) in [6.07, 6.45) is 2.46. The Labute approximate surface area is 118 Å². The summed E-state index contributed by atoms with van der Waals surface area (Å²) in [6.45, 7) is 1.54. The third kappa shape index (κ3) is 3.00. The van der Waals surface area contributed by atoms with Gasteiger partial charge in [0.15, 0.2) is 0 Å². The number of aliphatic hydroxyl groups excluding tert-OH is 1. The summed E-state index contributed by atoms with van der Waals surface area (Å²) in [6, 6.07) is 1.36. The summed E-state index contributed by atoms with van der Waals surface area (Å²) in [5.41, 5.74) is -1.12. The number of halogens is 2. The lowest BCUT2D eigenvalue weighted by molar-refractivity contribution is -0.387. The normalized spacial score (nSPS) is 12.2. The van der Waals surface area contributed by atoms with E-state index in [4.69, 9.17) is 5.11 Å². The number of benzene rings is 1. The first-order chi connectivity index (χ1) is 9.93. The standard InChI is InChI=1S/C13H11F2N3O3/c1-7(6-19)13-16-4-8(5-17-13)10-2-9(14)3-11(12(10)15)18(20)21/h2-5,7,19H,6H2,1H3. The summed E-state index contributed by atoms with van der Waals surface area (Å²) in [5.74, 6) is -2.03. The highest BCUT2D eigenvalue weighted by molar-refractivity contribution is 5.65. The van der Waals surface area contributed by atoms with Crippen LogP contribution in [0.4, 0.5) is 14.5 Å². The molecular weight excluding hydrogens is 284 g/mol. The molecule has 0 saturated heterocycles. The Morgan fingerprint density at radius 3 is 2.48 bits per heavy atom. The van der Waals surface area contributed by atoms with Gasteiger partial charge < -0.3 is 5.11 Å². The molecular formula is C13H11F2N3O3. The Bertz CT molecular complexity index is 677. The lowest BCUT2D eigenvalue weighted by Gasteiger charge is -2.08. The Kier molecular flexibility index (Phi) is 4.18. The van der Waals surface area contributed by atoms with E-state index < -0.39 is 22.2 Å². The number of aromatic nitrogens is 2. The number of nitro benzene ring substituents is 1. The van der Waals surface area contributed by atoms with Gasteiger partial charge in [0, 0.05) is 29.4 Å². The van der Waals surface area contributed by atoms with Crippen molar-refractivity contribution in [2.24, 2.45) is 0 Å². The SMILES string of the molecule is CC(CO)c1ncc(-c2cc(F)cc([N+](=O)[O-])c2F)cn1. The third-order valence-corrected chi connectivity index (χ3v) is 2.91. The highest BCUT2D eigenvalue weighted by atomic mass is 19.1. The molecule has 1 heterocycles. The van der Waals surface area contributed by atoms with E-state index in [9.17, 15) is 18.9 Å². The summed E-state index contributed by atoms with van der Waals surface area (Å²) >= 11 is 0. The van der Waals surface area contributed by atoms with Crippen LogP contribution in [0, 0.1) is 21.7 Å². The van der Waals surface area contributed by atoms with Crippen molar-refractivity contribution in [1.82, 2.24) is 9.97 Å². The molecule has 0 saturated carbocycles. The number of nitro groups is 1. The maximum absolute atomic E-state index is 14.0. The minimum Gasteiger partial charge on any atom is -0.396 e. The van der Waals surface area contributed by atoms with Crippen LogP contribution in [0.2, 0.25) is 0 Å². The number of hydrogen-bond acceptors (Lipinski definition) is 5. The molecule has 0 aliphatic carbocycles. The predicted molar refractivity (Wildman–Crippen MR) is 69.5 cm³/mol. The summed E-state index contributed by atoms with van der Waals surface area (Å²) in [4.78, 5) is 17.6. The molecule has 0 amide bonds. The Morgan fingerprint density at radius 1 is 1.33 bits per heavy atom. The molecule has 0 bridgehead atoms. The molecule has 110 valence electrons. The smallest absolute Gasteiger partial charge is 0.308 e. The van der Waals surface area contributed by atoms with Crippen molar-refractivity contribution in [2.45, 2.75) is 12.8 Å². The quantitative estimate of drug-likeness (QED) is 0.691. The minimum absolute atomic E-state index is 0.115. The van der Waals surface area contributed by atoms with E-state index in [0.717, 1.165) is 6.07 Å². The number of nitrogens with zero attached hydrogens (tertiary/aromatic N) is 3. The van der Waals surface area contributed by atoms with E-state index in [-0.39, 0.29) is 23.7 Å². The average Bonchev–Trinajstić information content (AvgIpc) is 2.48. The van der Waals surface area contributed by atoms with Gasteiger partial charge in [-0.3, -0.25) is 10.1 Å². The van der Waals surface area contributed by atoms with Crippen molar-refractivity contribution in [3.63, 3.8) is 0 Å². The van der Waals surface area contributed by atoms with Crippen molar-refractivity contribution in [3.05, 3.63) is 52.1 Å². The van der Waals surface area contributed by atoms with Gasteiger partial charge in [0.1, 0.15) is 11.6 Å². The van der Waals surface area contributed by atoms with Gasteiger partial charge in [0.05, 0.1) is 17.6 Å². The Morgan fingerprint density at radius 2 is 1.95 bits per heavy atom. The molecule has 0 spiro atoms. The van der Waals surface area contributed by atoms with Crippen molar-refractivity contribution in [2.75, 3.05) is 6.61 Å². The van der Waals surface area contributed by atoms with Gasteiger partial charge in [-0.1, -0.05) is 6.92 Å². The van der Waals surface area contributed by atoms with Crippen LogP contribution in [0.15, 0.2) is 24.5 Å². The van der Waals surface area contributed by atoms with Crippen LogP contribution >= 0.6 is 0 Å². The fraction of sp³-hybridized carbons (Fsp3) is 0.231. The van der Waals surface area contributed by atoms with Gasteiger partial charge in [0.2, 0.25) is 5.82 Å². The Balaban J connectivity index is 2.49. The van der Waals surface area contributed by atoms with E-state index in [1.165, 1.54) is 12.4 Å². The first-order valence-electron chi connectivity index (χ1n) is 6.00. The van der Waals surface area contributed by atoms with Gasteiger partial charge in [-0.2, -0.15) is 4.39 Å². The first-order valence-corrected chi connectivity index (χ1v) is 6.00. The van der Waals surface area contributed by atoms with E-state index in [1.807, 2.05) is 0 Å². The second-order valence-corrected chi connectivity index (χ2v) is 4.46. The second-order valence-electron chi connectivity index (χ2n) is 4.46. The summed E-state index contributed by atoms with van der Waals surface area (Å²) in [5, 5.41) is 19.7. The van der Waals surface area contributed by atoms with Crippen LogP contribution in [-0.2, 0) is 0 Å². The van der Waals surface area contributed by atoms with Gasteiger partial charge in [-0.25, -0.2) is 14.4 Å². The zero-order valence-corrected chi connectivity index (χ0v) is 11.0. The zero-order chi connectivity index (χ0) is 15.6. The van der Waals surface area contributed by atoms with E-state index in [0.29, 0.717) is 11.9 Å². The molecule has 1 aromatic carbocycles. The maximum atomic E-state index is 14.0. The van der Waals surface area contributed by atoms with E-state index in [1.54, 1.807) is 6.92 Å². The van der Waals surface area contributed by atoms with Crippen molar-refractivity contribution in [3.8, 4) is 11.1 Å². The number of hydrogen-bond donors (Lipinski definition) is 1. The summed E-state index contributed by atoms with van der Waals surface area (Å²) < 4.78 is 27.4. The third-order valence-electron chi connectivity index (χ3n) is 2.91. The fourth-order valence-corrected chi connectivity index (χ4v) is 1.73. The molecule has 1 unspecified atom stereocenters. The topological polar surface area (TPSA) is 89.2 Å². The van der Waals surface area contributed by atoms with E-state index >= 15 is 0 Å². The lowest BCUT2D eigenvalue weighted by atomic mass is 10.1. The molecule has 0 aliphatic heterocycles. The maximum Gasteiger partial charge on any atom is 0.308 e. The molecule has 1 atom stereocenters. The van der Waals surface area contributed by atoms with Gasteiger partial charge >= 0.3 is 5.69 Å². The molecule has 1 aromatic heterocycles. The number of rotatable bonds is 4. The predicted octanol–water partition coefficient (Wildman–Crippen LogP) is 2.43. The molecule has 8 heteroatoms. The van der Waals surface area contributed by atoms with Crippen LogP contribution in [0.1, 0.15) is 18.7 Å². The molecule has 0 fully saturated rings. The van der Waals surface area contributed by atoms with Crippen LogP contribution < -0.4 is 0 Å². The van der Waals surface area contributed by atoms with Gasteiger partial charge in [-0.05, 0) is 6.07 Å². The van der Waals surface area contributed by atoms with Crippen LogP contribution in [0.3, 0.4) is 0 Å². The average molecular weight is 295 g/mol. The highest BCUT2D eigenvalue weighted by Gasteiger charge is 2.21. The molecule has 2 rings (SSSR count). The molecule has 2 aromatic rings. The minimum atomic E-state index is -1.15. The van der Waals surface area contributed by atoms with E-state index in [2.05, 4.69) is 9.97 Å². The van der Waals surface area contributed by atoms with Gasteiger partial charge in [0.25, 0.3) is 0 Å². The second kappa shape index (κ2) is 5.88. The van der Waals surface area contributed by atoms with Crippen LogP contribution in [-0.4, -0.2) is 26.6 Å². The monoisotopic (exact) mass is 295 g/mol. The van der Waals surface area contributed by atoms with Crippen LogP contribution in [0.5, 0.6) is 0 Å². The number of aliphatic hydroxyl groups is 1. The Hall–Kier alpha value is -2.48. The molecule has 1 N–H and O–H groups in total. The van der Waals surface area contributed by atoms with Crippen molar-refractivity contribution >= 4 is 5.69 Å². The zero-order valence-electron chi connectivity index (χ0n) is 11.0. The largest absolute Gasteiger partial charge is 0.396 e. The molecule has 21 heavy (non-hydrogen) atoms. The van der Waals surface area contributed by atoms with Crippen molar-refractivity contribution < 1.29 is 18.8 Å². The lowest BCUT2D eigenvalue weighted by Crippen LogP contribution is -2.05. The molecule has 0 radical (unpaired) electrons. The molecule has 0 aliphatic rings. The van der Waals surface area contributed by atoms with Crippen LogP contribution in [0.25, 0.3) is 11.1 Å². The van der Waals surface area contributed by atoms with Gasteiger partial charge in [-0.15, -0.1) is 0 Å². The fourth-order valence-electron chi connectivity index (χ4n) is 1.73. The summed E-state index contributed by atoms with van der Waals surface area (Å²) in [7, 11) is 0.